The summed E-state index contributed by atoms with van der Waals surface area (Å²) in [6.45, 7) is 1.38. The zero-order chi connectivity index (χ0) is 35.3. The van der Waals surface area contributed by atoms with Crippen molar-refractivity contribution >= 4 is 45.0 Å². The van der Waals surface area contributed by atoms with E-state index in [4.69, 9.17) is 13.7 Å². The average molecular weight is 705 g/mol. The van der Waals surface area contributed by atoms with Gasteiger partial charge in [-0.05, 0) is 31.4 Å². The number of benzene rings is 2. The number of nitrogens with one attached hydrogen (secondary N) is 3. The van der Waals surface area contributed by atoms with Crippen molar-refractivity contribution in [1.29, 1.82) is 0 Å². The van der Waals surface area contributed by atoms with Crippen LogP contribution in [0, 0.1) is 6.92 Å². The van der Waals surface area contributed by atoms with Gasteiger partial charge in [0.15, 0.2) is 5.78 Å². The molecule has 0 saturated carbocycles. The lowest BCUT2D eigenvalue weighted by atomic mass is 9.91. The Hall–Kier alpha value is -4.06. The lowest BCUT2D eigenvalue weighted by Crippen LogP contribution is -2.60. The Kier molecular flexibility index (Phi) is 14.3. The highest BCUT2D eigenvalue weighted by Gasteiger charge is 2.39. The van der Waals surface area contributed by atoms with Crippen LogP contribution in [0.4, 0.5) is 0 Å². The molecule has 0 radical (unpaired) electrons. The first-order chi connectivity index (χ1) is 22.7. The molecule has 48 heavy (non-hydrogen) atoms. The molecule has 3 amide bonds. The van der Waals surface area contributed by atoms with Crippen LogP contribution >= 0.6 is 11.3 Å². The third-order valence-electron chi connectivity index (χ3n) is 6.92. The van der Waals surface area contributed by atoms with E-state index in [2.05, 4.69) is 20.9 Å². The van der Waals surface area contributed by atoms with Crippen molar-refractivity contribution in [1.82, 2.24) is 20.9 Å². The van der Waals surface area contributed by atoms with Gasteiger partial charge in [0.25, 0.3) is 16.0 Å². The van der Waals surface area contributed by atoms with E-state index in [9.17, 15) is 32.7 Å². The van der Waals surface area contributed by atoms with Crippen LogP contribution in [-0.4, -0.2) is 99.8 Å². The van der Waals surface area contributed by atoms with Gasteiger partial charge in [0.05, 0.1) is 30.5 Å². The van der Waals surface area contributed by atoms with Crippen molar-refractivity contribution in [2.24, 2.45) is 0 Å². The monoisotopic (exact) mass is 704 g/mol. The highest BCUT2D eigenvalue weighted by Crippen LogP contribution is 2.17. The summed E-state index contributed by atoms with van der Waals surface area (Å²) in [5.74, 6) is -3.57. The molecule has 0 saturated heterocycles. The van der Waals surface area contributed by atoms with E-state index in [1.807, 2.05) is 0 Å². The maximum absolute atomic E-state index is 13.7. The molecule has 14 nitrogen and oxygen atoms in total. The number of nitrogens with zero attached hydrogens (tertiary/aromatic N) is 1. The molecule has 4 atom stereocenters. The Morgan fingerprint density at radius 1 is 0.854 bits per heavy atom. The van der Waals surface area contributed by atoms with Gasteiger partial charge in [0.1, 0.15) is 34.9 Å². The maximum atomic E-state index is 13.7. The fourth-order valence-electron chi connectivity index (χ4n) is 4.47. The Morgan fingerprint density at radius 3 is 1.90 bits per heavy atom. The van der Waals surface area contributed by atoms with Gasteiger partial charge >= 0.3 is 0 Å². The molecular formula is C32H40N4O10S2. The normalized spacial score (nSPS) is 14.6. The fourth-order valence-corrected chi connectivity index (χ4v) is 6.24. The number of hydrogen-bond donors (Lipinski definition) is 4. The minimum atomic E-state index is -4.19. The standard InChI is InChI=1S/C32H40N4O10S2/c1-21-33-16-27(47-21)31(40)36-26(18-45-4)30(39)35-25(17-44-3)29(38)34-24(15-22-11-7-5-8-12-22)28(37)32(2,41)20-46-48(42,43)19-23-13-9-6-10-14-23/h5-14,16,24-26,41H,15,17-20H2,1-4H3,(H,34,38)(H,35,39)(H,36,40)/t24-,25+,26-,32?/m0/s1. The molecule has 1 unspecified atom stereocenters. The topological polar surface area (TPSA) is 199 Å². The Morgan fingerprint density at radius 2 is 1.38 bits per heavy atom. The molecule has 0 aliphatic rings. The first kappa shape index (κ1) is 38.4. The molecule has 1 aromatic heterocycles. The van der Waals surface area contributed by atoms with Crippen LogP contribution in [0.5, 0.6) is 0 Å². The van der Waals surface area contributed by atoms with Crippen molar-refractivity contribution in [3.05, 3.63) is 87.9 Å². The number of rotatable bonds is 19. The second-order valence-corrected chi connectivity index (χ2v) is 14.0. The van der Waals surface area contributed by atoms with Crippen molar-refractivity contribution in [2.75, 3.05) is 34.0 Å². The predicted octanol–water partition coefficient (Wildman–Crippen LogP) is 0.922. The van der Waals surface area contributed by atoms with Crippen molar-refractivity contribution < 1.29 is 46.4 Å². The Balaban J connectivity index is 1.76. The molecule has 3 aromatic rings. The summed E-state index contributed by atoms with van der Waals surface area (Å²) in [5.41, 5.74) is -1.27. The van der Waals surface area contributed by atoms with Crippen LogP contribution in [0.15, 0.2) is 66.9 Å². The van der Waals surface area contributed by atoms with E-state index < -0.39 is 69.7 Å². The summed E-state index contributed by atoms with van der Waals surface area (Å²) in [7, 11) is -1.55. The summed E-state index contributed by atoms with van der Waals surface area (Å²) in [5, 5.41) is 19.4. The van der Waals surface area contributed by atoms with Gasteiger partial charge in [0, 0.05) is 14.2 Å². The molecule has 0 bridgehead atoms. The van der Waals surface area contributed by atoms with Gasteiger partial charge in [-0.15, -0.1) is 11.3 Å². The molecular weight excluding hydrogens is 665 g/mol. The molecule has 0 aliphatic carbocycles. The molecule has 0 spiro atoms. The average Bonchev–Trinajstić information content (AvgIpc) is 3.50. The van der Waals surface area contributed by atoms with E-state index in [0.29, 0.717) is 16.1 Å². The van der Waals surface area contributed by atoms with Gasteiger partial charge in [0.2, 0.25) is 11.8 Å². The van der Waals surface area contributed by atoms with E-state index in [1.165, 1.54) is 20.4 Å². The largest absolute Gasteiger partial charge is 0.382 e. The smallest absolute Gasteiger partial charge is 0.271 e. The minimum absolute atomic E-state index is 0.0808. The number of ketones is 1. The predicted molar refractivity (Wildman–Crippen MR) is 177 cm³/mol. The van der Waals surface area contributed by atoms with Crippen LogP contribution in [0.1, 0.15) is 32.7 Å². The number of aliphatic hydroxyl groups is 1. The highest BCUT2D eigenvalue weighted by atomic mass is 32.2. The van der Waals surface area contributed by atoms with Gasteiger partial charge in [-0.3, -0.25) is 23.4 Å². The number of aryl methyl sites for hydroxylation is 1. The third-order valence-corrected chi connectivity index (χ3v) is 8.99. The fraction of sp³-hybridized carbons (Fsp3) is 0.406. The molecule has 16 heteroatoms. The second kappa shape index (κ2) is 17.9. The van der Waals surface area contributed by atoms with Crippen molar-refractivity contribution in [2.45, 2.75) is 49.7 Å². The molecule has 3 rings (SSSR count). The maximum Gasteiger partial charge on any atom is 0.271 e. The zero-order valence-corrected chi connectivity index (χ0v) is 28.6. The number of carbonyl (C=O) groups is 4. The van der Waals surface area contributed by atoms with Crippen molar-refractivity contribution in [3.63, 3.8) is 0 Å². The first-order valence-corrected chi connectivity index (χ1v) is 17.2. The summed E-state index contributed by atoms with van der Waals surface area (Å²) < 4.78 is 40.5. The van der Waals surface area contributed by atoms with Gasteiger partial charge in [-0.1, -0.05) is 60.7 Å². The van der Waals surface area contributed by atoms with E-state index in [0.717, 1.165) is 18.3 Å². The minimum Gasteiger partial charge on any atom is -0.382 e. The SMILES string of the molecule is COC[C@H](NC(=O)c1cnc(C)s1)C(=O)N[C@H](COC)C(=O)N[C@@H](Cc1ccccc1)C(=O)C(C)(O)COS(=O)(=O)Cc1ccccc1. The number of carbonyl (C=O) groups excluding carboxylic acids is 4. The lowest BCUT2D eigenvalue weighted by Gasteiger charge is -2.29. The number of Topliss-reactive ketones (excluding diaryl/α,β-unsaturated/α-hetero) is 1. The number of thiazole rings is 1. The summed E-state index contributed by atoms with van der Waals surface area (Å²) in [4.78, 5) is 57.5. The molecule has 4 N–H and O–H groups in total. The van der Waals surface area contributed by atoms with Crippen LogP contribution in [-0.2, 0) is 50.3 Å². The number of aromatic nitrogens is 1. The van der Waals surface area contributed by atoms with Crippen LogP contribution in [0.2, 0.25) is 0 Å². The number of amides is 3. The molecule has 260 valence electrons. The zero-order valence-electron chi connectivity index (χ0n) is 27.0. The molecule has 2 aromatic carbocycles. The van der Waals surface area contributed by atoms with Crippen LogP contribution in [0.25, 0.3) is 0 Å². The molecule has 0 aliphatic heterocycles. The summed E-state index contributed by atoms with van der Waals surface area (Å²) in [6, 6.07) is 12.9. The second-order valence-electron chi connectivity index (χ2n) is 11.1. The van der Waals surface area contributed by atoms with Gasteiger partial charge in [-0.2, -0.15) is 8.42 Å². The third kappa shape index (κ3) is 11.9. The van der Waals surface area contributed by atoms with Crippen LogP contribution in [0.3, 0.4) is 0 Å². The number of ether oxygens (including phenoxy) is 2. The van der Waals surface area contributed by atoms with Gasteiger partial charge in [-0.25, -0.2) is 4.98 Å². The first-order valence-electron chi connectivity index (χ1n) is 14.8. The number of methoxy groups -OCH3 is 2. The molecule has 1 heterocycles. The number of hydrogen-bond acceptors (Lipinski definition) is 12. The summed E-state index contributed by atoms with van der Waals surface area (Å²) in [6.07, 6.45) is 1.30. The molecule has 0 fully saturated rings. The van der Waals surface area contributed by atoms with E-state index in [1.54, 1.807) is 67.6 Å². The van der Waals surface area contributed by atoms with Crippen LogP contribution < -0.4 is 16.0 Å². The van der Waals surface area contributed by atoms with E-state index in [-0.39, 0.29) is 24.5 Å². The lowest BCUT2D eigenvalue weighted by molar-refractivity contribution is -0.143. The Bertz CT molecular complexity index is 1630. The van der Waals surface area contributed by atoms with Gasteiger partial charge < -0.3 is 30.5 Å². The van der Waals surface area contributed by atoms with E-state index >= 15 is 0 Å². The summed E-state index contributed by atoms with van der Waals surface area (Å²) >= 11 is 1.14. The van der Waals surface area contributed by atoms with Crippen molar-refractivity contribution in [3.8, 4) is 0 Å². The quantitative estimate of drug-likeness (QED) is 0.129. The Labute approximate surface area is 283 Å². The highest BCUT2D eigenvalue weighted by molar-refractivity contribution is 7.85.